The van der Waals surface area contributed by atoms with Gasteiger partial charge in [-0.05, 0) is 0 Å². The number of amides is 1. The number of aliphatic hydroxyl groups is 2. The van der Waals surface area contributed by atoms with Gasteiger partial charge in [-0.1, -0.05) is 0 Å². The summed E-state index contributed by atoms with van der Waals surface area (Å²) in [7, 11) is 0. The number of aliphatic hydroxyl groups excluding tert-OH is 1. The van der Waals surface area contributed by atoms with E-state index in [0.29, 0.717) is 36.6 Å². The third-order valence-electron chi connectivity index (χ3n) is 2.97. The number of carbonyl (C=O) groups is 1. The van der Waals surface area contributed by atoms with E-state index in [-0.39, 0.29) is 6.61 Å². The van der Waals surface area contributed by atoms with E-state index >= 15 is 0 Å². The van der Waals surface area contributed by atoms with Crippen LogP contribution in [0.15, 0.2) is 5.38 Å². The zero-order valence-electron chi connectivity index (χ0n) is 9.17. The van der Waals surface area contributed by atoms with Gasteiger partial charge in [-0.25, -0.2) is 9.78 Å². The lowest BCUT2D eigenvalue weighted by Crippen LogP contribution is -2.44. The second kappa shape index (κ2) is 4.59. The predicted molar refractivity (Wildman–Crippen MR) is 60.8 cm³/mol. The minimum absolute atomic E-state index is 0.145. The van der Waals surface area contributed by atoms with Gasteiger partial charge < -0.3 is 20.2 Å². The maximum Gasteiger partial charge on any atom is 0.407 e. The van der Waals surface area contributed by atoms with Crippen LogP contribution in [-0.4, -0.2) is 44.4 Å². The molecule has 0 aliphatic carbocycles. The molecule has 0 saturated carbocycles. The van der Waals surface area contributed by atoms with Gasteiger partial charge in [0.1, 0.15) is 10.6 Å². The highest BCUT2D eigenvalue weighted by molar-refractivity contribution is 7.09. The van der Waals surface area contributed by atoms with Crippen LogP contribution in [0.3, 0.4) is 0 Å². The zero-order chi connectivity index (χ0) is 12.5. The molecule has 0 bridgehead atoms. The number of thiazole rings is 1. The number of hydrogen-bond acceptors (Lipinski definition) is 5. The Morgan fingerprint density at radius 1 is 1.53 bits per heavy atom. The van der Waals surface area contributed by atoms with Crippen LogP contribution >= 0.6 is 11.3 Å². The first-order chi connectivity index (χ1) is 8.05. The normalized spacial score (nSPS) is 19.3. The lowest BCUT2D eigenvalue weighted by Gasteiger charge is -2.35. The second-order valence-electron chi connectivity index (χ2n) is 4.10. The smallest absolute Gasteiger partial charge is 0.407 e. The highest BCUT2D eigenvalue weighted by atomic mass is 32.1. The standard InChI is InChI=1S/C10H14N2O4S/c13-5-7-6-17-8(11-7)10(16)1-3-12(4-2-10)9(14)15/h6,13,16H,1-5H2,(H,14,15). The minimum atomic E-state index is -1.05. The molecule has 0 radical (unpaired) electrons. The largest absolute Gasteiger partial charge is 0.465 e. The molecule has 0 atom stereocenters. The van der Waals surface area contributed by atoms with Gasteiger partial charge in [-0.3, -0.25) is 0 Å². The average Bonchev–Trinajstić information content (AvgIpc) is 2.78. The van der Waals surface area contributed by atoms with Crippen molar-refractivity contribution in [1.29, 1.82) is 0 Å². The summed E-state index contributed by atoms with van der Waals surface area (Å²) in [6.07, 6.45) is -0.266. The van der Waals surface area contributed by atoms with Crippen molar-refractivity contribution in [3.05, 3.63) is 16.1 Å². The topological polar surface area (TPSA) is 93.9 Å². The van der Waals surface area contributed by atoms with Gasteiger partial charge in [0.2, 0.25) is 0 Å². The number of piperidine rings is 1. The molecule has 1 aromatic rings. The molecule has 7 heteroatoms. The van der Waals surface area contributed by atoms with Gasteiger partial charge in [-0.15, -0.1) is 11.3 Å². The lowest BCUT2D eigenvalue weighted by molar-refractivity contribution is -0.0216. The molecule has 3 N–H and O–H groups in total. The molecular formula is C10H14N2O4S. The molecule has 1 aliphatic heterocycles. The molecule has 17 heavy (non-hydrogen) atoms. The highest BCUT2D eigenvalue weighted by Crippen LogP contribution is 2.34. The molecule has 0 unspecified atom stereocenters. The van der Waals surface area contributed by atoms with Crippen LogP contribution in [-0.2, 0) is 12.2 Å². The third-order valence-corrected chi connectivity index (χ3v) is 4.06. The molecule has 0 aromatic carbocycles. The van der Waals surface area contributed by atoms with E-state index in [1.54, 1.807) is 5.38 Å². The van der Waals surface area contributed by atoms with E-state index in [1.165, 1.54) is 16.2 Å². The fourth-order valence-corrected chi connectivity index (χ4v) is 2.84. The minimum Gasteiger partial charge on any atom is -0.465 e. The Bertz CT molecular complexity index is 412. The molecule has 94 valence electrons. The summed E-state index contributed by atoms with van der Waals surface area (Å²) < 4.78 is 0. The van der Waals surface area contributed by atoms with Crippen molar-refractivity contribution >= 4 is 17.4 Å². The van der Waals surface area contributed by atoms with Crippen molar-refractivity contribution in [3.8, 4) is 0 Å². The Hall–Kier alpha value is -1.18. The van der Waals surface area contributed by atoms with Crippen LogP contribution in [0.2, 0.25) is 0 Å². The van der Waals surface area contributed by atoms with Crippen molar-refractivity contribution in [2.24, 2.45) is 0 Å². The molecule has 1 fully saturated rings. The van der Waals surface area contributed by atoms with E-state index in [4.69, 9.17) is 10.2 Å². The van der Waals surface area contributed by atoms with Gasteiger partial charge in [0, 0.05) is 31.3 Å². The quantitative estimate of drug-likeness (QED) is 0.722. The van der Waals surface area contributed by atoms with E-state index in [1.807, 2.05) is 0 Å². The fourth-order valence-electron chi connectivity index (χ4n) is 1.88. The van der Waals surface area contributed by atoms with Gasteiger partial charge >= 0.3 is 6.09 Å². The molecule has 0 spiro atoms. The Morgan fingerprint density at radius 2 is 2.18 bits per heavy atom. The van der Waals surface area contributed by atoms with Crippen molar-refractivity contribution < 1.29 is 20.1 Å². The van der Waals surface area contributed by atoms with E-state index in [9.17, 15) is 9.90 Å². The SMILES string of the molecule is O=C(O)N1CCC(O)(c2nc(CO)cs2)CC1. The van der Waals surface area contributed by atoms with E-state index < -0.39 is 11.7 Å². The fraction of sp³-hybridized carbons (Fsp3) is 0.600. The van der Waals surface area contributed by atoms with Crippen LogP contribution in [0.4, 0.5) is 4.79 Å². The summed E-state index contributed by atoms with van der Waals surface area (Å²) in [4.78, 5) is 16.2. The number of nitrogens with zero attached hydrogens (tertiary/aromatic N) is 2. The third kappa shape index (κ3) is 2.41. The maximum absolute atomic E-state index is 10.8. The average molecular weight is 258 g/mol. The van der Waals surface area contributed by atoms with Crippen LogP contribution < -0.4 is 0 Å². The van der Waals surface area contributed by atoms with Crippen LogP contribution in [0, 0.1) is 0 Å². The molecule has 2 heterocycles. The number of aromatic nitrogens is 1. The molecule has 1 aromatic heterocycles. The summed E-state index contributed by atoms with van der Waals surface area (Å²) in [5, 5.41) is 30.4. The molecule has 6 nitrogen and oxygen atoms in total. The second-order valence-corrected chi connectivity index (χ2v) is 4.96. The van der Waals surface area contributed by atoms with Crippen molar-refractivity contribution in [3.63, 3.8) is 0 Å². The molecule has 1 saturated heterocycles. The van der Waals surface area contributed by atoms with Crippen molar-refractivity contribution in [1.82, 2.24) is 9.88 Å². The molecule has 2 rings (SSSR count). The van der Waals surface area contributed by atoms with Gasteiger partial charge in [0.15, 0.2) is 0 Å². The monoisotopic (exact) mass is 258 g/mol. The summed E-state index contributed by atoms with van der Waals surface area (Å²) >= 11 is 1.30. The number of carboxylic acid groups (broad SMARTS) is 1. The first-order valence-electron chi connectivity index (χ1n) is 5.31. The zero-order valence-corrected chi connectivity index (χ0v) is 9.98. The van der Waals surface area contributed by atoms with Crippen LogP contribution in [0.1, 0.15) is 23.5 Å². The van der Waals surface area contributed by atoms with Gasteiger partial charge in [0.25, 0.3) is 0 Å². The van der Waals surface area contributed by atoms with Crippen molar-refractivity contribution in [2.75, 3.05) is 13.1 Å². The van der Waals surface area contributed by atoms with Crippen LogP contribution in [0.25, 0.3) is 0 Å². The first-order valence-corrected chi connectivity index (χ1v) is 6.19. The Kier molecular flexibility index (Phi) is 3.32. The first kappa shape index (κ1) is 12.3. The van der Waals surface area contributed by atoms with Crippen LogP contribution in [0.5, 0.6) is 0 Å². The van der Waals surface area contributed by atoms with Crippen molar-refractivity contribution in [2.45, 2.75) is 25.0 Å². The molecule has 1 aliphatic rings. The molecule has 1 amide bonds. The summed E-state index contributed by atoms with van der Waals surface area (Å²) in [5.74, 6) is 0. The van der Waals surface area contributed by atoms with Gasteiger partial charge in [-0.2, -0.15) is 0 Å². The number of likely N-dealkylation sites (tertiary alicyclic amines) is 1. The Balaban J connectivity index is 2.08. The lowest BCUT2D eigenvalue weighted by atomic mass is 9.92. The summed E-state index contributed by atoms with van der Waals surface area (Å²) in [6.45, 7) is 0.466. The van der Waals surface area contributed by atoms with Gasteiger partial charge in [0.05, 0.1) is 12.3 Å². The summed E-state index contributed by atoms with van der Waals surface area (Å²) in [5.41, 5.74) is -0.511. The van der Waals surface area contributed by atoms with E-state index in [0.717, 1.165) is 0 Å². The predicted octanol–water partition coefficient (Wildman–Crippen LogP) is 0.597. The Morgan fingerprint density at radius 3 is 2.65 bits per heavy atom. The molecular weight excluding hydrogens is 244 g/mol. The Labute approximate surface area is 102 Å². The summed E-state index contributed by atoms with van der Waals surface area (Å²) in [6, 6.07) is 0. The maximum atomic E-state index is 10.8. The number of hydrogen-bond donors (Lipinski definition) is 3. The number of rotatable bonds is 2. The van der Waals surface area contributed by atoms with E-state index in [2.05, 4.69) is 4.98 Å². The highest BCUT2D eigenvalue weighted by Gasteiger charge is 2.37.